The van der Waals surface area contributed by atoms with Crippen LogP contribution in [0.2, 0.25) is 0 Å². The minimum atomic E-state index is -0.273. The van der Waals surface area contributed by atoms with E-state index in [-0.39, 0.29) is 23.7 Å². The van der Waals surface area contributed by atoms with Crippen molar-refractivity contribution in [2.75, 3.05) is 11.9 Å². The number of nitrogens with one attached hydrogen (secondary N) is 1. The standard InChI is InChI=1S/C18H21NO3/c1-18(2,3)13-7-9-16(10-8-13)22-12-17(21)19-14-5-4-6-15(20)11-14/h4-11,20H,12H2,1-3H3,(H,19,21). The molecule has 22 heavy (non-hydrogen) atoms. The van der Waals surface area contributed by atoms with E-state index in [4.69, 9.17) is 4.74 Å². The van der Waals surface area contributed by atoms with Gasteiger partial charge in [-0.1, -0.05) is 39.0 Å². The molecule has 0 bridgehead atoms. The van der Waals surface area contributed by atoms with Crippen LogP contribution in [-0.4, -0.2) is 17.6 Å². The van der Waals surface area contributed by atoms with E-state index in [0.29, 0.717) is 11.4 Å². The first kappa shape index (κ1) is 15.9. The van der Waals surface area contributed by atoms with Crippen molar-refractivity contribution >= 4 is 11.6 Å². The maximum atomic E-state index is 11.8. The minimum Gasteiger partial charge on any atom is -0.508 e. The van der Waals surface area contributed by atoms with E-state index in [2.05, 4.69) is 26.1 Å². The second-order valence-electron chi connectivity index (χ2n) is 6.16. The monoisotopic (exact) mass is 299 g/mol. The largest absolute Gasteiger partial charge is 0.508 e. The smallest absolute Gasteiger partial charge is 0.262 e. The summed E-state index contributed by atoms with van der Waals surface area (Å²) in [4.78, 5) is 11.8. The van der Waals surface area contributed by atoms with Gasteiger partial charge in [0.25, 0.3) is 5.91 Å². The molecule has 2 rings (SSSR count). The molecule has 0 radical (unpaired) electrons. The molecule has 0 aromatic heterocycles. The Hall–Kier alpha value is -2.49. The number of benzene rings is 2. The summed E-state index contributed by atoms with van der Waals surface area (Å²) in [6, 6.07) is 14.1. The summed E-state index contributed by atoms with van der Waals surface area (Å²) in [6.45, 7) is 6.35. The molecule has 116 valence electrons. The Balaban J connectivity index is 1.88. The molecule has 4 nitrogen and oxygen atoms in total. The average Bonchev–Trinajstić information content (AvgIpc) is 2.45. The zero-order valence-electron chi connectivity index (χ0n) is 13.1. The molecule has 0 aliphatic heterocycles. The van der Waals surface area contributed by atoms with Crippen LogP contribution in [0.5, 0.6) is 11.5 Å². The zero-order valence-corrected chi connectivity index (χ0v) is 13.1. The van der Waals surface area contributed by atoms with Crippen LogP contribution in [-0.2, 0) is 10.2 Å². The van der Waals surface area contributed by atoms with E-state index in [1.165, 1.54) is 11.6 Å². The third kappa shape index (κ3) is 4.52. The second kappa shape index (κ2) is 6.52. The number of carbonyl (C=O) groups excluding carboxylic acids is 1. The number of ether oxygens (including phenoxy) is 1. The van der Waals surface area contributed by atoms with Crippen LogP contribution >= 0.6 is 0 Å². The summed E-state index contributed by atoms with van der Waals surface area (Å²) in [5, 5.41) is 12.0. The molecule has 0 atom stereocenters. The SMILES string of the molecule is CC(C)(C)c1ccc(OCC(=O)Nc2cccc(O)c2)cc1. The summed E-state index contributed by atoms with van der Waals surface area (Å²) >= 11 is 0. The van der Waals surface area contributed by atoms with Crippen molar-refractivity contribution in [3.05, 3.63) is 54.1 Å². The van der Waals surface area contributed by atoms with Crippen LogP contribution in [0.15, 0.2) is 48.5 Å². The Bertz CT molecular complexity index is 642. The fourth-order valence-electron chi connectivity index (χ4n) is 1.98. The molecule has 2 N–H and O–H groups in total. The highest BCUT2D eigenvalue weighted by atomic mass is 16.5. The number of amides is 1. The van der Waals surface area contributed by atoms with Gasteiger partial charge in [-0.3, -0.25) is 4.79 Å². The van der Waals surface area contributed by atoms with Gasteiger partial charge in [0, 0.05) is 11.8 Å². The van der Waals surface area contributed by atoms with Crippen LogP contribution in [0.1, 0.15) is 26.3 Å². The first-order chi connectivity index (χ1) is 10.3. The predicted molar refractivity (Wildman–Crippen MR) is 87.4 cm³/mol. The van der Waals surface area contributed by atoms with Gasteiger partial charge >= 0.3 is 0 Å². The average molecular weight is 299 g/mol. The van der Waals surface area contributed by atoms with Gasteiger partial charge in [0.2, 0.25) is 0 Å². The molecule has 0 fully saturated rings. The fraction of sp³-hybridized carbons (Fsp3) is 0.278. The summed E-state index contributed by atoms with van der Waals surface area (Å²) < 4.78 is 5.46. The summed E-state index contributed by atoms with van der Waals surface area (Å²) in [7, 11) is 0. The normalized spacial score (nSPS) is 11.0. The molecule has 4 heteroatoms. The highest BCUT2D eigenvalue weighted by molar-refractivity contribution is 5.92. The molecule has 0 aliphatic carbocycles. The van der Waals surface area contributed by atoms with E-state index in [1.54, 1.807) is 18.2 Å². The Labute approximate surface area is 130 Å². The van der Waals surface area contributed by atoms with Gasteiger partial charge in [0.1, 0.15) is 11.5 Å². The van der Waals surface area contributed by atoms with Crippen LogP contribution < -0.4 is 10.1 Å². The number of carbonyl (C=O) groups is 1. The maximum absolute atomic E-state index is 11.8. The number of phenolic OH excluding ortho intramolecular Hbond substituents is 1. The molecule has 0 saturated carbocycles. The van der Waals surface area contributed by atoms with Gasteiger partial charge in [-0.05, 0) is 35.2 Å². The van der Waals surface area contributed by atoms with Crippen molar-refractivity contribution in [2.45, 2.75) is 26.2 Å². The molecule has 2 aromatic carbocycles. The lowest BCUT2D eigenvalue weighted by Gasteiger charge is -2.19. The van der Waals surface area contributed by atoms with E-state index < -0.39 is 0 Å². The quantitative estimate of drug-likeness (QED) is 0.905. The second-order valence-corrected chi connectivity index (χ2v) is 6.16. The van der Waals surface area contributed by atoms with Gasteiger partial charge in [0.15, 0.2) is 6.61 Å². The van der Waals surface area contributed by atoms with Crippen LogP contribution in [0, 0.1) is 0 Å². The topological polar surface area (TPSA) is 58.6 Å². The first-order valence-electron chi connectivity index (χ1n) is 7.17. The van der Waals surface area contributed by atoms with Crippen LogP contribution in [0.3, 0.4) is 0 Å². The Kier molecular flexibility index (Phi) is 4.71. The molecule has 0 saturated heterocycles. The molecule has 0 unspecified atom stereocenters. The van der Waals surface area contributed by atoms with Gasteiger partial charge < -0.3 is 15.2 Å². The fourth-order valence-corrected chi connectivity index (χ4v) is 1.98. The minimum absolute atomic E-state index is 0.0788. The van der Waals surface area contributed by atoms with E-state index >= 15 is 0 Å². The first-order valence-corrected chi connectivity index (χ1v) is 7.17. The highest BCUT2D eigenvalue weighted by Crippen LogP contribution is 2.24. The maximum Gasteiger partial charge on any atom is 0.262 e. The lowest BCUT2D eigenvalue weighted by molar-refractivity contribution is -0.118. The molecular formula is C18H21NO3. The zero-order chi connectivity index (χ0) is 16.2. The van der Waals surface area contributed by atoms with Gasteiger partial charge in [-0.25, -0.2) is 0 Å². The Morgan fingerprint density at radius 1 is 1.14 bits per heavy atom. The predicted octanol–water partition coefficient (Wildman–Crippen LogP) is 3.71. The Morgan fingerprint density at radius 2 is 1.82 bits per heavy atom. The summed E-state index contributed by atoms with van der Waals surface area (Å²) in [5.41, 5.74) is 1.84. The molecule has 2 aromatic rings. The molecule has 0 aliphatic rings. The third-order valence-corrected chi connectivity index (χ3v) is 3.22. The number of hydrogen-bond acceptors (Lipinski definition) is 3. The summed E-state index contributed by atoms with van der Waals surface area (Å²) in [6.07, 6.45) is 0. The number of hydrogen-bond donors (Lipinski definition) is 2. The van der Waals surface area contributed by atoms with E-state index in [0.717, 1.165) is 0 Å². The number of phenols is 1. The summed E-state index contributed by atoms with van der Waals surface area (Å²) in [5.74, 6) is 0.487. The molecule has 1 amide bonds. The van der Waals surface area contributed by atoms with E-state index in [9.17, 15) is 9.90 Å². The Morgan fingerprint density at radius 3 is 2.41 bits per heavy atom. The third-order valence-electron chi connectivity index (χ3n) is 3.22. The van der Waals surface area contributed by atoms with Crippen molar-refractivity contribution in [2.24, 2.45) is 0 Å². The van der Waals surface area contributed by atoms with Crippen molar-refractivity contribution in [3.8, 4) is 11.5 Å². The van der Waals surface area contributed by atoms with Crippen molar-refractivity contribution < 1.29 is 14.6 Å². The number of rotatable bonds is 4. The van der Waals surface area contributed by atoms with Crippen molar-refractivity contribution in [1.29, 1.82) is 0 Å². The van der Waals surface area contributed by atoms with Gasteiger partial charge in [0.05, 0.1) is 0 Å². The molecule has 0 heterocycles. The highest BCUT2D eigenvalue weighted by Gasteiger charge is 2.13. The molecular weight excluding hydrogens is 278 g/mol. The lowest BCUT2D eigenvalue weighted by Crippen LogP contribution is -2.20. The van der Waals surface area contributed by atoms with E-state index in [1.807, 2.05) is 24.3 Å². The van der Waals surface area contributed by atoms with Gasteiger partial charge in [-0.15, -0.1) is 0 Å². The number of aromatic hydroxyl groups is 1. The molecule has 0 spiro atoms. The van der Waals surface area contributed by atoms with Gasteiger partial charge in [-0.2, -0.15) is 0 Å². The van der Waals surface area contributed by atoms with Crippen molar-refractivity contribution in [1.82, 2.24) is 0 Å². The van der Waals surface area contributed by atoms with Crippen LogP contribution in [0.25, 0.3) is 0 Å². The van der Waals surface area contributed by atoms with Crippen LogP contribution in [0.4, 0.5) is 5.69 Å². The number of anilines is 1. The lowest BCUT2D eigenvalue weighted by atomic mass is 9.87. The van der Waals surface area contributed by atoms with Crippen molar-refractivity contribution in [3.63, 3.8) is 0 Å².